The fourth-order valence-corrected chi connectivity index (χ4v) is 1.80. The number of nitrogens with zero attached hydrogens (tertiary/aromatic N) is 4. The lowest BCUT2D eigenvalue weighted by molar-refractivity contribution is 0.143. The Morgan fingerprint density at radius 2 is 2.06 bits per heavy atom. The van der Waals surface area contributed by atoms with Gasteiger partial charge in [-0.25, -0.2) is 0 Å². The summed E-state index contributed by atoms with van der Waals surface area (Å²) in [4.78, 5) is 14.1. The third kappa shape index (κ3) is 2.38. The average Bonchev–Trinajstić information content (AvgIpc) is 2.22. The van der Waals surface area contributed by atoms with E-state index in [1.54, 1.807) is 4.90 Å². The van der Waals surface area contributed by atoms with Crippen LogP contribution in [0.2, 0.25) is 0 Å². The van der Waals surface area contributed by atoms with Gasteiger partial charge in [0.2, 0.25) is 17.8 Å². The predicted octanol–water partition coefficient (Wildman–Crippen LogP) is -0.153. The number of anilines is 3. The molecule has 0 unspecified atom stereocenters. The van der Waals surface area contributed by atoms with Crippen molar-refractivity contribution in [3.05, 3.63) is 0 Å². The molecule has 1 heterocycles. The molecule has 0 spiro atoms. The molecule has 17 heavy (non-hydrogen) atoms. The van der Waals surface area contributed by atoms with Crippen molar-refractivity contribution < 1.29 is 5.11 Å². The molecule has 0 atom stereocenters. The summed E-state index contributed by atoms with van der Waals surface area (Å²) in [5.74, 6) is 1.11. The summed E-state index contributed by atoms with van der Waals surface area (Å²) in [7, 11) is 3.67. The second-order valence-electron chi connectivity index (χ2n) is 4.63. The van der Waals surface area contributed by atoms with Crippen molar-refractivity contribution in [2.75, 3.05) is 36.7 Å². The number of aliphatic hydroxyl groups is 1. The van der Waals surface area contributed by atoms with E-state index in [0.29, 0.717) is 11.9 Å². The molecule has 1 aliphatic rings. The molecule has 2 rings (SSSR count). The summed E-state index contributed by atoms with van der Waals surface area (Å²) < 4.78 is 0. The Kier molecular flexibility index (Phi) is 3.01. The van der Waals surface area contributed by atoms with E-state index < -0.39 is 0 Å². The van der Waals surface area contributed by atoms with Crippen molar-refractivity contribution in [3.8, 4) is 0 Å². The second kappa shape index (κ2) is 4.33. The summed E-state index contributed by atoms with van der Waals surface area (Å²) in [6, 6.07) is 0. The molecule has 1 aliphatic carbocycles. The average molecular weight is 238 g/mol. The molecule has 0 radical (unpaired) electrons. The first-order valence-electron chi connectivity index (χ1n) is 5.63. The van der Waals surface area contributed by atoms with Crippen LogP contribution in [0.3, 0.4) is 0 Å². The van der Waals surface area contributed by atoms with Crippen LogP contribution in [0, 0.1) is 0 Å². The number of nitrogens with one attached hydrogen (secondary N) is 1. The van der Waals surface area contributed by atoms with Gasteiger partial charge in [0.25, 0.3) is 0 Å². The summed E-state index contributed by atoms with van der Waals surface area (Å²) in [5, 5.41) is 12.5. The molecule has 1 aromatic rings. The number of aromatic nitrogens is 3. The zero-order chi connectivity index (χ0) is 12.5. The van der Waals surface area contributed by atoms with E-state index in [1.165, 1.54) is 0 Å². The Morgan fingerprint density at radius 3 is 2.53 bits per heavy atom. The Balaban J connectivity index is 2.20. The number of hydrogen-bond donors (Lipinski definition) is 3. The number of aliphatic hydroxyl groups excluding tert-OH is 1. The predicted molar refractivity (Wildman–Crippen MR) is 65.9 cm³/mol. The fraction of sp³-hybridized carbons (Fsp3) is 0.700. The quantitative estimate of drug-likeness (QED) is 0.670. The van der Waals surface area contributed by atoms with Crippen LogP contribution in [0.5, 0.6) is 0 Å². The van der Waals surface area contributed by atoms with Gasteiger partial charge in [-0.15, -0.1) is 0 Å². The van der Waals surface area contributed by atoms with Crippen LogP contribution < -0.4 is 16.0 Å². The van der Waals surface area contributed by atoms with Gasteiger partial charge in [-0.3, -0.25) is 0 Å². The van der Waals surface area contributed by atoms with E-state index in [2.05, 4.69) is 20.3 Å². The van der Waals surface area contributed by atoms with Crippen LogP contribution in [0.4, 0.5) is 17.8 Å². The molecule has 1 fully saturated rings. The summed E-state index contributed by atoms with van der Waals surface area (Å²) in [6.45, 7) is 0.0793. The number of rotatable bonds is 4. The van der Waals surface area contributed by atoms with E-state index in [-0.39, 0.29) is 18.1 Å². The van der Waals surface area contributed by atoms with Gasteiger partial charge in [0, 0.05) is 14.1 Å². The summed E-state index contributed by atoms with van der Waals surface area (Å²) in [5.41, 5.74) is 5.35. The van der Waals surface area contributed by atoms with E-state index >= 15 is 0 Å². The fourth-order valence-electron chi connectivity index (χ4n) is 1.80. The molecule has 7 nitrogen and oxygen atoms in total. The van der Waals surface area contributed by atoms with Crippen LogP contribution in [0.1, 0.15) is 19.3 Å². The summed E-state index contributed by atoms with van der Waals surface area (Å²) in [6.07, 6.45) is 2.95. The number of nitrogen functional groups attached to an aromatic ring is 1. The zero-order valence-electron chi connectivity index (χ0n) is 10.1. The van der Waals surface area contributed by atoms with Crippen LogP contribution in [0.15, 0.2) is 0 Å². The highest BCUT2D eigenvalue weighted by atomic mass is 16.3. The molecule has 1 aromatic heterocycles. The molecule has 7 heteroatoms. The molecular weight excluding hydrogens is 220 g/mol. The monoisotopic (exact) mass is 238 g/mol. The van der Waals surface area contributed by atoms with Crippen LogP contribution in [0.25, 0.3) is 0 Å². The lowest BCUT2D eigenvalue weighted by Crippen LogP contribution is -2.48. The highest BCUT2D eigenvalue weighted by molar-refractivity contribution is 5.42. The molecule has 0 bridgehead atoms. The van der Waals surface area contributed by atoms with Gasteiger partial charge in [-0.1, -0.05) is 0 Å². The third-order valence-electron chi connectivity index (χ3n) is 3.03. The minimum atomic E-state index is -0.280. The first-order valence-corrected chi connectivity index (χ1v) is 5.63. The molecule has 0 aliphatic heterocycles. The molecule has 0 aromatic carbocycles. The van der Waals surface area contributed by atoms with Gasteiger partial charge < -0.3 is 21.1 Å². The van der Waals surface area contributed by atoms with Crippen molar-refractivity contribution in [2.45, 2.75) is 24.8 Å². The van der Waals surface area contributed by atoms with Gasteiger partial charge in [-0.05, 0) is 19.3 Å². The molecule has 0 amide bonds. The van der Waals surface area contributed by atoms with Crippen molar-refractivity contribution >= 4 is 17.8 Å². The van der Waals surface area contributed by atoms with Crippen LogP contribution >= 0.6 is 0 Å². The van der Waals surface area contributed by atoms with Gasteiger partial charge >= 0.3 is 0 Å². The molecule has 0 saturated heterocycles. The number of nitrogens with two attached hydrogens (primary N) is 1. The maximum Gasteiger partial charge on any atom is 0.231 e. The summed E-state index contributed by atoms with van der Waals surface area (Å²) >= 11 is 0. The largest absolute Gasteiger partial charge is 0.394 e. The first kappa shape index (κ1) is 11.8. The Bertz CT molecular complexity index is 398. The van der Waals surface area contributed by atoms with Gasteiger partial charge in [-0.2, -0.15) is 15.0 Å². The minimum Gasteiger partial charge on any atom is -0.394 e. The highest BCUT2D eigenvalue weighted by Gasteiger charge is 2.37. The molecule has 1 saturated carbocycles. The van der Waals surface area contributed by atoms with E-state index in [9.17, 15) is 5.11 Å². The van der Waals surface area contributed by atoms with Gasteiger partial charge in [0.05, 0.1) is 12.1 Å². The van der Waals surface area contributed by atoms with Gasteiger partial charge in [0.1, 0.15) is 0 Å². The Hall–Kier alpha value is -1.63. The van der Waals surface area contributed by atoms with E-state index in [0.717, 1.165) is 19.3 Å². The molecule has 94 valence electrons. The topological polar surface area (TPSA) is 100 Å². The molecule has 4 N–H and O–H groups in total. The van der Waals surface area contributed by atoms with Crippen LogP contribution in [-0.2, 0) is 0 Å². The van der Waals surface area contributed by atoms with Crippen molar-refractivity contribution in [1.29, 1.82) is 0 Å². The number of hydrogen-bond acceptors (Lipinski definition) is 7. The maximum atomic E-state index is 9.37. The Morgan fingerprint density at radius 1 is 1.35 bits per heavy atom. The van der Waals surface area contributed by atoms with Crippen molar-refractivity contribution in [2.24, 2.45) is 0 Å². The van der Waals surface area contributed by atoms with E-state index in [4.69, 9.17) is 5.73 Å². The van der Waals surface area contributed by atoms with Gasteiger partial charge in [0.15, 0.2) is 0 Å². The lowest BCUT2D eigenvalue weighted by Gasteiger charge is -2.40. The van der Waals surface area contributed by atoms with Crippen LogP contribution in [-0.4, -0.2) is 46.3 Å². The smallest absolute Gasteiger partial charge is 0.231 e. The third-order valence-corrected chi connectivity index (χ3v) is 3.03. The Labute approximate surface area is 100 Å². The second-order valence-corrected chi connectivity index (χ2v) is 4.63. The van der Waals surface area contributed by atoms with Crippen molar-refractivity contribution in [1.82, 2.24) is 15.0 Å². The normalized spacial score (nSPS) is 17.4. The maximum absolute atomic E-state index is 9.37. The first-order chi connectivity index (χ1) is 8.04. The zero-order valence-corrected chi connectivity index (χ0v) is 10.1. The standard InChI is InChI=1S/C10H18N6O/c1-16(2)9-13-7(11)12-8(14-9)15-10(6-17)4-3-5-10/h17H,3-6H2,1-2H3,(H3,11,12,13,14,15). The highest BCUT2D eigenvalue weighted by Crippen LogP contribution is 2.34. The van der Waals surface area contributed by atoms with Crippen molar-refractivity contribution in [3.63, 3.8) is 0 Å². The molecular formula is C10H18N6O. The lowest BCUT2D eigenvalue weighted by atomic mass is 9.77. The SMILES string of the molecule is CN(C)c1nc(N)nc(NC2(CO)CCC2)n1. The van der Waals surface area contributed by atoms with E-state index in [1.807, 2.05) is 14.1 Å². The minimum absolute atomic E-state index is 0.0793.